The molecule has 1 fully saturated rings. The molecule has 0 aromatic heterocycles. The van der Waals surface area contributed by atoms with Gasteiger partial charge >= 0.3 is 11.9 Å². The minimum absolute atomic E-state index is 0.373. The monoisotopic (exact) mass is 229 g/mol. The second kappa shape index (κ2) is 3.73. The Morgan fingerprint density at radius 2 is 1.75 bits per heavy atom. The van der Waals surface area contributed by atoms with Gasteiger partial charge in [-0.25, -0.2) is 0 Å². The molecule has 1 rings (SSSR count). The van der Waals surface area contributed by atoms with Gasteiger partial charge in [0.15, 0.2) is 0 Å². The molecule has 2 unspecified atom stereocenters. The summed E-state index contributed by atoms with van der Waals surface area (Å²) in [4.78, 5) is 24.6. The van der Waals surface area contributed by atoms with Crippen LogP contribution in [0.25, 0.3) is 0 Å². The molecule has 0 spiro atoms. The van der Waals surface area contributed by atoms with Crippen LogP contribution in [0.1, 0.15) is 27.2 Å². The third-order valence-electron chi connectivity index (χ3n) is 4.42. The Morgan fingerprint density at radius 3 is 2.12 bits per heavy atom. The Balaban J connectivity index is 3.28. The van der Waals surface area contributed by atoms with E-state index in [0.717, 1.165) is 0 Å². The SMILES string of the molecule is CN1CCC(C(=O)O)C(C)(C(=O)O)C1(C)C. The van der Waals surface area contributed by atoms with E-state index >= 15 is 0 Å². The quantitative estimate of drug-likeness (QED) is 0.735. The number of carbonyl (C=O) groups is 2. The second-order valence-corrected chi connectivity index (χ2v) is 5.17. The zero-order valence-electron chi connectivity index (χ0n) is 10.1. The van der Waals surface area contributed by atoms with E-state index < -0.39 is 28.8 Å². The molecule has 0 aliphatic carbocycles. The van der Waals surface area contributed by atoms with Crippen LogP contribution in [0.3, 0.4) is 0 Å². The lowest BCUT2D eigenvalue weighted by molar-refractivity contribution is -0.179. The predicted octanol–water partition coefficient (Wildman–Crippen LogP) is 0.892. The molecule has 0 amide bonds. The van der Waals surface area contributed by atoms with E-state index in [4.69, 9.17) is 5.11 Å². The highest BCUT2D eigenvalue weighted by molar-refractivity contribution is 5.84. The van der Waals surface area contributed by atoms with Gasteiger partial charge in [0, 0.05) is 5.54 Å². The third kappa shape index (κ3) is 1.50. The Hall–Kier alpha value is -1.10. The first-order valence-corrected chi connectivity index (χ1v) is 5.33. The zero-order valence-corrected chi connectivity index (χ0v) is 10.1. The van der Waals surface area contributed by atoms with Crippen molar-refractivity contribution >= 4 is 11.9 Å². The van der Waals surface area contributed by atoms with E-state index in [9.17, 15) is 14.7 Å². The lowest BCUT2D eigenvalue weighted by Gasteiger charge is -2.53. The van der Waals surface area contributed by atoms with Gasteiger partial charge in [-0.1, -0.05) is 0 Å². The van der Waals surface area contributed by atoms with Gasteiger partial charge in [0.2, 0.25) is 0 Å². The molecule has 0 aromatic rings. The molecule has 16 heavy (non-hydrogen) atoms. The molecule has 0 bridgehead atoms. The topological polar surface area (TPSA) is 77.8 Å². The third-order valence-corrected chi connectivity index (χ3v) is 4.42. The van der Waals surface area contributed by atoms with Crippen molar-refractivity contribution in [3.63, 3.8) is 0 Å². The normalized spacial score (nSPS) is 34.6. The highest BCUT2D eigenvalue weighted by Gasteiger charge is 2.59. The summed E-state index contributed by atoms with van der Waals surface area (Å²) in [7, 11) is 1.83. The summed E-state index contributed by atoms with van der Waals surface area (Å²) in [6.45, 7) is 5.71. The van der Waals surface area contributed by atoms with Crippen LogP contribution in [0.15, 0.2) is 0 Å². The largest absolute Gasteiger partial charge is 0.481 e. The van der Waals surface area contributed by atoms with Gasteiger partial charge in [0.05, 0.1) is 11.3 Å². The number of likely N-dealkylation sites (tertiary alicyclic amines) is 1. The number of carboxylic acid groups (broad SMARTS) is 2. The van der Waals surface area contributed by atoms with E-state index in [1.54, 1.807) is 13.8 Å². The van der Waals surface area contributed by atoms with Gasteiger partial charge in [0.25, 0.3) is 0 Å². The van der Waals surface area contributed by atoms with Crippen molar-refractivity contribution < 1.29 is 19.8 Å². The molecule has 5 nitrogen and oxygen atoms in total. The molecule has 1 aliphatic heterocycles. The number of rotatable bonds is 2. The van der Waals surface area contributed by atoms with Crippen molar-refractivity contribution in [3.05, 3.63) is 0 Å². The maximum Gasteiger partial charge on any atom is 0.312 e. The zero-order chi connectivity index (χ0) is 12.7. The number of nitrogens with zero attached hydrogens (tertiary/aromatic N) is 1. The maximum atomic E-state index is 11.5. The fourth-order valence-electron chi connectivity index (χ4n) is 2.49. The van der Waals surface area contributed by atoms with Gasteiger partial charge in [0.1, 0.15) is 0 Å². The number of piperidine rings is 1. The molecule has 1 heterocycles. The summed E-state index contributed by atoms with van der Waals surface area (Å²) in [5, 5.41) is 18.5. The van der Waals surface area contributed by atoms with E-state index in [0.29, 0.717) is 13.0 Å². The van der Waals surface area contributed by atoms with Gasteiger partial charge in [-0.15, -0.1) is 0 Å². The van der Waals surface area contributed by atoms with Crippen LogP contribution < -0.4 is 0 Å². The van der Waals surface area contributed by atoms with Crippen molar-refractivity contribution in [2.45, 2.75) is 32.7 Å². The van der Waals surface area contributed by atoms with Crippen LogP contribution in [-0.2, 0) is 9.59 Å². The molecule has 1 saturated heterocycles. The van der Waals surface area contributed by atoms with Gasteiger partial charge in [-0.05, 0) is 40.8 Å². The first kappa shape index (κ1) is 13.0. The fourth-order valence-corrected chi connectivity index (χ4v) is 2.49. The Labute approximate surface area is 95.1 Å². The first-order valence-electron chi connectivity index (χ1n) is 5.33. The fraction of sp³-hybridized carbons (Fsp3) is 0.818. The van der Waals surface area contributed by atoms with Crippen LogP contribution in [0, 0.1) is 11.3 Å². The number of aliphatic carboxylic acids is 2. The molecule has 92 valence electrons. The summed E-state index contributed by atoms with van der Waals surface area (Å²) in [5.74, 6) is -2.90. The first-order chi connectivity index (χ1) is 7.15. The van der Waals surface area contributed by atoms with Gasteiger partial charge in [-0.2, -0.15) is 0 Å². The second-order valence-electron chi connectivity index (χ2n) is 5.17. The number of carboxylic acids is 2. The molecule has 2 N–H and O–H groups in total. The van der Waals surface area contributed by atoms with Crippen LogP contribution in [0.5, 0.6) is 0 Å². The number of hydrogen-bond donors (Lipinski definition) is 2. The van der Waals surface area contributed by atoms with Crippen molar-refractivity contribution in [1.29, 1.82) is 0 Å². The van der Waals surface area contributed by atoms with Gasteiger partial charge < -0.3 is 15.1 Å². The molecule has 0 saturated carbocycles. The van der Waals surface area contributed by atoms with Crippen LogP contribution in [0.2, 0.25) is 0 Å². The summed E-state index contributed by atoms with van der Waals surface area (Å²) >= 11 is 0. The molecule has 5 heteroatoms. The lowest BCUT2D eigenvalue weighted by atomic mass is 9.60. The predicted molar refractivity (Wildman–Crippen MR) is 58.2 cm³/mol. The molecule has 0 radical (unpaired) electrons. The standard InChI is InChI=1S/C11H19NO4/c1-10(2)11(3,9(15)16)7(8(13)14)5-6-12(10)4/h7H,5-6H2,1-4H3,(H,13,14)(H,15,16). The molecular formula is C11H19NO4. The Kier molecular flexibility index (Phi) is 3.02. The summed E-state index contributed by atoms with van der Waals surface area (Å²) in [6.07, 6.45) is 0.373. The number of hydrogen-bond acceptors (Lipinski definition) is 3. The average Bonchev–Trinajstić information content (AvgIpc) is 2.14. The smallest absolute Gasteiger partial charge is 0.312 e. The highest BCUT2D eigenvalue weighted by atomic mass is 16.4. The Morgan fingerprint density at radius 1 is 1.25 bits per heavy atom. The molecule has 1 aliphatic rings. The highest BCUT2D eigenvalue weighted by Crippen LogP contribution is 2.47. The molecular weight excluding hydrogens is 210 g/mol. The van der Waals surface area contributed by atoms with Crippen LogP contribution in [0.4, 0.5) is 0 Å². The minimum atomic E-state index is -1.27. The average molecular weight is 229 g/mol. The van der Waals surface area contributed by atoms with E-state index in [1.807, 2.05) is 11.9 Å². The maximum absolute atomic E-state index is 11.5. The van der Waals surface area contributed by atoms with Crippen molar-refractivity contribution in [2.24, 2.45) is 11.3 Å². The van der Waals surface area contributed by atoms with E-state index in [-0.39, 0.29) is 0 Å². The van der Waals surface area contributed by atoms with E-state index in [1.165, 1.54) is 6.92 Å². The summed E-state index contributed by atoms with van der Waals surface area (Å²) < 4.78 is 0. The van der Waals surface area contributed by atoms with Crippen molar-refractivity contribution in [1.82, 2.24) is 4.90 Å². The minimum Gasteiger partial charge on any atom is -0.481 e. The Bertz CT molecular complexity index is 326. The van der Waals surface area contributed by atoms with E-state index in [2.05, 4.69) is 0 Å². The van der Waals surface area contributed by atoms with Gasteiger partial charge in [-0.3, -0.25) is 9.59 Å². The van der Waals surface area contributed by atoms with Crippen molar-refractivity contribution in [2.75, 3.05) is 13.6 Å². The van der Waals surface area contributed by atoms with Crippen LogP contribution >= 0.6 is 0 Å². The van der Waals surface area contributed by atoms with Crippen molar-refractivity contribution in [3.8, 4) is 0 Å². The summed E-state index contributed by atoms with van der Waals surface area (Å²) in [5.41, 5.74) is -1.95. The summed E-state index contributed by atoms with van der Waals surface area (Å²) in [6, 6.07) is 0. The lowest BCUT2D eigenvalue weighted by Crippen LogP contribution is -2.65. The van der Waals surface area contributed by atoms with Crippen LogP contribution in [-0.4, -0.2) is 46.2 Å². The molecule has 2 atom stereocenters. The molecule has 0 aromatic carbocycles.